The van der Waals surface area contributed by atoms with Gasteiger partial charge in [-0.25, -0.2) is 0 Å². The third-order valence-electron chi connectivity index (χ3n) is 1.80. The van der Waals surface area contributed by atoms with Crippen LogP contribution in [0.15, 0.2) is 56.6 Å². The first kappa shape index (κ1) is 14.7. The van der Waals surface area contributed by atoms with Gasteiger partial charge in [-0.15, -0.1) is 24.8 Å². The van der Waals surface area contributed by atoms with Crippen molar-refractivity contribution in [2.75, 3.05) is 0 Å². The summed E-state index contributed by atoms with van der Waals surface area (Å²) in [6.45, 7) is 0. The molecule has 15 heavy (non-hydrogen) atoms. The van der Waals surface area contributed by atoms with Gasteiger partial charge in [-0.3, -0.25) is 0 Å². The summed E-state index contributed by atoms with van der Waals surface area (Å²) < 4.78 is 6.06. The average molecular weight is 280 g/mol. The van der Waals surface area contributed by atoms with Crippen LogP contribution in [0.2, 0.25) is 0 Å². The van der Waals surface area contributed by atoms with Gasteiger partial charge < -0.3 is 0 Å². The molecule has 2 rings (SSSR count). The number of nitrogens with zero attached hydrogens (tertiary/aromatic N) is 1. The molecule has 4 heteroatoms. The quantitative estimate of drug-likeness (QED) is 0.767. The number of benzene rings is 1. The smallest absolute Gasteiger partial charge is 0.147 e. The minimum absolute atomic E-state index is 0. The summed E-state index contributed by atoms with van der Waals surface area (Å²) in [4.78, 5) is 0. The molecule has 1 aliphatic rings. The van der Waals surface area contributed by atoms with Crippen LogP contribution in [0.4, 0.5) is 5.69 Å². The Morgan fingerprint density at radius 2 is 1.80 bits per heavy atom. The molecule has 0 heterocycles. The monoisotopic (exact) mass is 279 g/mol. The average Bonchev–Trinajstić information content (AvgIpc) is 2.69. The minimum atomic E-state index is 0. The van der Waals surface area contributed by atoms with E-state index in [1.165, 1.54) is 4.28 Å². The molecule has 1 aromatic rings. The van der Waals surface area contributed by atoms with Crippen molar-refractivity contribution in [1.29, 1.82) is 0 Å². The predicted molar refractivity (Wildman–Crippen MR) is 64.9 cm³/mol. The van der Waals surface area contributed by atoms with E-state index in [1.54, 1.807) is 0 Å². The largest absolute Gasteiger partial charge is 0.147 e. The predicted octanol–water partition coefficient (Wildman–Crippen LogP) is 4.27. The first-order chi connectivity index (χ1) is 6.45. The maximum Gasteiger partial charge on any atom is -0.147 e. The molecular weight excluding hydrogens is 268 g/mol. The molecular formula is C11H12Cl2NV. The van der Waals surface area contributed by atoms with Crippen molar-refractivity contribution < 1.29 is 16.1 Å². The summed E-state index contributed by atoms with van der Waals surface area (Å²) in [6.07, 6.45) is 7.60. The van der Waals surface area contributed by atoms with E-state index in [4.69, 9.17) is 0 Å². The van der Waals surface area contributed by atoms with E-state index in [2.05, 4.69) is 34.2 Å². The van der Waals surface area contributed by atoms with Crippen LogP contribution in [-0.2, 0) is 16.1 Å². The zero-order valence-electron chi connectivity index (χ0n) is 8.04. The van der Waals surface area contributed by atoms with Gasteiger partial charge in [-0.1, -0.05) is 0 Å². The Kier molecular flexibility index (Phi) is 7.72. The van der Waals surface area contributed by atoms with Crippen molar-refractivity contribution in [3.63, 3.8) is 0 Å². The maximum absolute atomic E-state index is 4.57. The summed E-state index contributed by atoms with van der Waals surface area (Å²) in [7, 11) is 0. The molecule has 1 nitrogen and oxygen atoms in total. The number of rotatable bonds is 2. The third kappa shape index (κ3) is 4.81. The second-order valence-corrected chi connectivity index (χ2v) is 4.35. The molecule has 0 unspecified atom stereocenters. The van der Waals surface area contributed by atoms with E-state index < -0.39 is 0 Å². The van der Waals surface area contributed by atoms with Crippen LogP contribution in [0.5, 0.6) is 0 Å². The Labute approximate surface area is 109 Å². The Hall–Kier alpha value is -0.336. The van der Waals surface area contributed by atoms with E-state index in [9.17, 15) is 0 Å². The van der Waals surface area contributed by atoms with E-state index in [0.29, 0.717) is 0 Å². The van der Waals surface area contributed by atoms with Gasteiger partial charge in [-0.2, -0.15) is 0 Å². The molecule has 0 aromatic heterocycles. The van der Waals surface area contributed by atoms with Gasteiger partial charge in [0.15, 0.2) is 0 Å². The van der Waals surface area contributed by atoms with Gasteiger partial charge in [-0.05, 0) is 0 Å². The van der Waals surface area contributed by atoms with Gasteiger partial charge in [0.05, 0.1) is 0 Å². The van der Waals surface area contributed by atoms with Crippen LogP contribution >= 0.6 is 24.8 Å². The summed E-state index contributed by atoms with van der Waals surface area (Å²) in [5.41, 5.74) is 1.11. The topological polar surface area (TPSA) is 12.4 Å². The van der Waals surface area contributed by atoms with Gasteiger partial charge >= 0.3 is 84.8 Å². The van der Waals surface area contributed by atoms with Crippen LogP contribution in [0, 0.1) is 0 Å². The normalized spacial score (nSPS) is 13.2. The Balaban J connectivity index is 0.000000980. The van der Waals surface area contributed by atoms with Crippen LogP contribution < -0.4 is 0 Å². The molecule has 0 saturated heterocycles. The number of allylic oxidation sites excluding steroid dienone is 4. The summed E-state index contributed by atoms with van der Waals surface area (Å²) in [5.74, 6) is 0. The van der Waals surface area contributed by atoms with Crippen LogP contribution in [0.25, 0.3) is 0 Å². The zero-order valence-corrected chi connectivity index (χ0v) is 11.1. The maximum atomic E-state index is 4.57. The van der Waals surface area contributed by atoms with E-state index >= 15 is 0 Å². The van der Waals surface area contributed by atoms with E-state index in [-0.39, 0.29) is 40.9 Å². The number of hydrogen-bond donors (Lipinski definition) is 0. The molecule has 0 spiro atoms. The molecule has 0 fully saturated rings. The fraction of sp³-hybridized carbons (Fsp3) is 0.0909. The van der Waals surface area contributed by atoms with Gasteiger partial charge in [0, 0.05) is 0 Å². The first-order valence-electron chi connectivity index (χ1n) is 4.28. The first-order valence-corrected chi connectivity index (χ1v) is 5.60. The number of halogens is 2. The second-order valence-electron chi connectivity index (χ2n) is 2.83. The molecule has 0 amide bonds. The molecule has 0 bridgehead atoms. The molecule has 1 aliphatic carbocycles. The molecule has 0 saturated carbocycles. The molecule has 1 aromatic carbocycles. The van der Waals surface area contributed by atoms with Gasteiger partial charge in [0.1, 0.15) is 0 Å². The van der Waals surface area contributed by atoms with Crippen molar-refractivity contribution in [2.24, 2.45) is 3.79 Å². The van der Waals surface area contributed by atoms with Crippen molar-refractivity contribution in [1.82, 2.24) is 0 Å². The second kappa shape index (κ2) is 7.89. The Bertz CT molecular complexity index is 371. The van der Waals surface area contributed by atoms with Crippen molar-refractivity contribution in [3.05, 3.63) is 52.8 Å². The molecule has 0 aliphatic heterocycles. The fourth-order valence-electron chi connectivity index (χ4n) is 1.13. The molecule has 0 radical (unpaired) electrons. The molecule has 0 N–H and O–H groups in total. The third-order valence-corrected chi connectivity index (χ3v) is 3.24. The van der Waals surface area contributed by atoms with Crippen molar-refractivity contribution in [2.45, 2.75) is 6.42 Å². The van der Waals surface area contributed by atoms with Gasteiger partial charge in [0.2, 0.25) is 0 Å². The summed E-state index contributed by atoms with van der Waals surface area (Å²) >= 11 is 0.00870. The van der Waals surface area contributed by atoms with Crippen molar-refractivity contribution in [3.8, 4) is 0 Å². The minimum Gasteiger partial charge on any atom is -0.147 e. The van der Waals surface area contributed by atoms with Gasteiger partial charge in [0.25, 0.3) is 0 Å². The van der Waals surface area contributed by atoms with Crippen LogP contribution in [-0.4, -0.2) is 0 Å². The SMILES string of the molecule is C1=CC[C]([V]=[N]c2ccccc2)=C1.Cl.Cl. The van der Waals surface area contributed by atoms with Crippen molar-refractivity contribution >= 4 is 30.5 Å². The Morgan fingerprint density at radius 1 is 1.07 bits per heavy atom. The molecule has 80 valence electrons. The van der Waals surface area contributed by atoms with Crippen LogP contribution in [0.3, 0.4) is 0 Å². The Morgan fingerprint density at radius 3 is 2.40 bits per heavy atom. The van der Waals surface area contributed by atoms with Crippen LogP contribution in [0.1, 0.15) is 6.42 Å². The standard InChI is InChI=1S/C6H5N.C5H5.2ClH.V/c7-6-4-2-1-3-5-6;1-2-4-5-3-1;;;/h1-5H;1-3H,4H2;2*1H;. The van der Waals surface area contributed by atoms with E-state index in [0.717, 1.165) is 12.1 Å². The fourth-order valence-corrected chi connectivity index (χ4v) is 2.25. The zero-order chi connectivity index (χ0) is 8.93. The van der Waals surface area contributed by atoms with E-state index in [1.807, 2.05) is 18.2 Å². The summed E-state index contributed by atoms with van der Waals surface area (Å²) in [6, 6.07) is 10.2. The molecule has 0 atom stereocenters. The number of hydrogen-bond acceptors (Lipinski definition) is 1. The summed E-state index contributed by atoms with van der Waals surface area (Å²) in [5, 5.41) is 0.